The predicted octanol–water partition coefficient (Wildman–Crippen LogP) is 1.92. The number of nitrogens with two attached hydrogens (primary N) is 1. The van der Waals surface area contributed by atoms with Crippen LogP contribution < -0.4 is 11.1 Å². The predicted molar refractivity (Wildman–Crippen MR) is 96.5 cm³/mol. The van der Waals surface area contributed by atoms with E-state index in [1.807, 2.05) is 0 Å². The average Bonchev–Trinajstić information content (AvgIpc) is 2.45. The van der Waals surface area contributed by atoms with Gasteiger partial charge in [0.05, 0.1) is 11.3 Å². The van der Waals surface area contributed by atoms with E-state index < -0.39 is 44.6 Å². The number of hydrogen-bond donors (Lipinski definition) is 2. The fraction of sp³-hybridized carbons (Fsp3) is 0.500. The number of nitrogens with one attached hydrogen (secondary N) is 1. The van der Waals surface area contributed by atoms with Gasteiger partial charge in [0.25, 0.3) is 0 Å². The second-order valence-electron chi connectivity index (χ2n) is 7.46. The van der Waals surface area contributed by atoms with Gasteiger partial charge in [-0.2, -0.15) is 0 Å². The Kier molecular flexibility index (Phi) is 5.12. The first kappa shape index (κ1) is 20.9. The molecule has 2 rings (SSSR count). The molecule has 0 aliphatic carbocycles. The summed E-state index contributed by atoms with van der Waals surface area (Å²) in [5.41, 5.74) is 2.74. The monoisotopic (exact) mass is 404 g/mol. The van der Waals surface area contributed by atoms with Crippen LogP contribution in [-0.2, 0) is 20.3 Å². The number of carbonyl (C=O) groups is 1. The third kappa shape index (κ3) is 4.46. The van der Waals surface area contributed by atoms with Crippen LogP contribution in [0.5, 0.6) is 0 Å². The number of amides is 1. The van der Waals surface area contributed by atoms with Gasteiger partial charge in [-0.25, -0.2) is 26.3 Å². The summed E-state index contributed by atoms with van der Waals surface area (Å²) in [5, 5.41) is 2.70. The molecule has 0 spiro atoms. The highest BCUT2D eigenvalue weighted by atomic mass is 32.2. The minimum absolute atomic E-state index is 0.0751. The van der Waals surface area contributed by atoms with Gasteiger partial charge in [0, 0.05) is 18.3 Å². The van der Waals surface area contributed by atoms with Crippen LogP contribution in [0, 0.1) is 11.6 Å². The van der Waals surface area contributed by atoms with Gasteiger partial charge < -0.3 is 15.8 Å². The van der Waals surface area contributed by atoms with Crippen molar-refractivity contribution >= 4 is 27.8 Å². The summed E-state index contributed by atoms with van der Waals surface area (Å²) in [6, 6.07) is 1.93. The van der Waals surface area contributed by atoms with Crippen LogP contribution in [0.15, 0.2) is 17.1 Å². The van der Waals surface area contributed by atoms with Crippen LogP contribution >= 0.6 is 0 Å². The summed E-state index contributed by atoms with van der Waals surface area (Å²) in [4.78, 5) is 15.6. The number of guanidine groups is 1. The highest BCUT2D eigenvalue weighted by Crippen LogP contribution is 2.32. The number of nitrogen functional groups attached to an aromatic ring is 1. The lowest BCUT2D eigenvalue weighted by Crippen LogP contribution is -2.61. The molecule has 1 fully saturated rings. The number of nitrogens with zero attached hydrogens (tertiary/aromatic N) is 2. The Labute approximate surface area is 156 Å². The Balaban J connectivity index is 2.53. The quantitative estimate of drug-likeness (QED) is 0.691. The van der Waals surface area contributed by atoms with Crippen LogP contribution in [0.3, 0.4) is 0 Å². The standard InChI is InChI=1S/C16H22F2N4O4S/c1-15(2,3)26-14(23)20-13-21-16(4,8-27(24,25)22(13)5)10-6-9(19)7-11(17)12(10)18/h6-7H,8,19H2,1-5H3,(H,20,21,23)/t16-/m0/s1. The van der Waals surface area contributed by atoms with Crippen molar-refractivity contribution in [1.29, 1.82) is 0 Å². The fourth-order valence-electron chi connectivity index (χ4n) is 2.58. The van der Waals surface area contributed by atoms with E-state index in [9.17, 15) is 22.0 Å². The maximum absolute atomic E-state index is 14.4. The van der Waals surface area contributed by atoms with E-state index in [1.54, 1.807) is 20.8 Å². The van der Waals surface area contributed by atoms with Crippen molar-refractivity contribution in [3.05, 3.63) is 29.3 Å². The number of hydrogen-bond acceptors (Lipinski definition) is 5. The molecule has 1 aromatic carbocycles. The van der Waals surface area contributed by atoms with Crippen molar-refractivity contribution in [3.8, 4) is 0 Å². The van der Waals surface area contributed by atoms with E-state index >= 15 is 0 Å². The van der Waals surface area contributed by atoms with Crippen molar-refractivity contribution in [2.24, 2.45) is 4.99 Å². The van der Waals surface area contributed by atoms with Gasteiger partial charge in [0.15, 0.2) is 11.6 Å². The molecule has 1 atom stereocenters. The molecule has 0 saturated carbocycles. The molecule has 1 heterocycles. The van der Waals surface area contributed by atoms with Gasteiger partial charge in [-0.15, -0.1) is 4.99 Å². The van der Waals surface area contributed by atoms with Crippen molar-refractivity contribution in [3.63, 3.8) is 0 Å². The largest absolute Gasteiger partial charge is 0.442 e. The molecule has 1 aliphatic heterocycles. The molecule has 0 aromatic heterocycles. The highest BCUT2D eigenvalue weighted by Gasteiger charge is 2.44. The second-order valence-corrected chi connectivity index (χ2v) is 9.46. The van der Waals surface area contributed by atoms with Gasteiger partial charge in [0.1, 0.15) is 5.60 Å². The zero-order valence-electron chi connectivity index (χ0n) is 15.6. The Morgan fingerprint density at radius 2 is 1.96 bits per heavy atom. The van der Waals surface area contributed by atoms with E-state index in [1.165, 1.54) is 14.0 Å². The average molecular weight is 404 g/mol. The molecule has 8 nitrogen and oxygen atoms in total. The Bertz CT molecular complexity index is 912. The van der Waals surface area contributed by atoms with Crippen molar-refractivity contribution in [2.75, 3.05) is 18.5 Å². The molecular weight excluding hydrogens is 382 g/mol. The number of aliphatic imine (C=N–C) groups is 1. The zero-order valence-corrected chi connectivity index (χ0v) is 16.4. The summed E-state index contributed by atoms with van der Waals surface area (Å²) in [7, 11) is -2.81. The third-order valence-electron chi connectivity index (χ3n) is 3.81. The topological polar surface area (TPSA) is 114 Å². The van der Waals surface area contributed by atoms with Crippen LogP contribution in [-0.4, -0.2) is 43.2 Å². The Hall–Kier alpha value is -2.43. The number of ether oxygens (including phenoxy) is 1. The van der Waals surface area contributed by atoms with Gasteiger partial charge in [-0.05, 0) is 39.8 Å². The molecule has 150 valence electrons. The maximum Gasteiger partial charge on any atom is 0.437 e. The number of halogens is 2. The summed E-state index contributed by atoms with van der Waals surface area (Å²) in [5.74, 6) is -3.44. The Morgan fingerprint density at radius 1 is 1.37 bits per heavy atom. The Morgan fingerprint density at radius 3 is 2.52 bits per heavy atom. The van der Waals surface area contributed by atoms with E-state index in [4.69, 9.17) is 10.5 Å². The number of rotatable bonds is 1. The van der Waals surface area contributed by atoms with E-state index in [2.05, 4.69) is 10.3 Å². The SMILES string of the molecule is CN1/C(=N\C(=O)OC(C)(C)C)N[C@](C)(c2cc(N)cc(F)c2F)CS1(=O)=O. The number of anilines is 1. The lowest BCUT2D eigenvalue weighted by atomic mass is 9.92. The van der Waals surface area contributed by atoms with Crippen LogP contribution in [0.2, 0.25) is 0 Å². The smallest absolute Gasteiger partial charge is 0.437 e. The number of benzene rings is 1. The molecule has 11 heteroatoms. The van der Waals surface area contributed by atoms with Crippen LogP contribution in [0.4, 0.5) is 19.3 Å². The molecule has 1 aromatic rings. The summed E-state index contributed by atoms with van der Waals surface area (Å²) < 4.78 is 59.0. The van der Waals surface area contributed by atoms with E-state index in [-0.39, 0.29) is 17.2 Å². The van der Waals surface area contributed by atoms with Gasteiger partial charge in [0.2, 0.25) is 16.0 Å². The summed E-state index contributed by atoms with van der Waals surface area (Å²) >= 11 is 0. The molecular formula is C16H22F2N4O4S. The van der Waals surface area contributed by atoms with E-state index in [0.717, 1.165) is 16.4 Å². The first-order valence-electron chi connectivity index (χ1n) is 7.96. The summed E-state index contributed by atoms with van der Waals surface area (Å²) in [6.07, 6.45) is -1.03. The number of carbonyl (C=O) groups excluding carboxylic acids is 1. The molecule has 27 heavy (non-hydrogen) atoms. The normalized spacial score (nSPS) is 23.8. The van der Waals surface area contributed by atoms with E-state index in [0.29, 0.717) is 0 Å². The first-order chi connectivity index (χ1) is 12.1. The van der Waals surface area contributed by atoms with Gasteiger partial charge in [-0.1, -0.05) is 0 Å². The molecule has 3 N–H and O–H groups in total. The molecule has 1 amide bonds. The van der Waals surface area contributed by atoms with Crippen molar-refractivity contribution in [2.45, 2.75) is 38.8 Å². The highest BCUT2D eigenvalue weighted by molar-refractivity contribution is 7.89. The first-order valence-corrected chi connectivity index (χ1v) is 9.57. The van der Waals surface area contributed by atoms with Gasteiger partial charge in [-0.3, -0.25) is 0 Å². The second kappa shape index (κ2) is 6.63. The van der Waals surface area contributed by atoms with Crippen molar-refractivity contribution in [1.82, 2.24) is 9.62 Å². The minimum Gasteiger partial charge on any atom is -0.442 e. The van der Waals surface area contributed by atoms with Crippen LogP contribution in [0.1, 0.15) is 33.3 Å². The lowest BCUT2D eigenvalue weighted by Gasteiger charge is -2.40. The fourth-order valence-corrected chi connectivity index (χ4v) is 4.08. The van der Waals surface area contributed by atoms with Crippen LogP contribution in [0.25, 0.3) is 0 Å². The molecule has 1 aliphatic rings. The lowest BCUT2D eigenvalue weighted by molar-refractivity contribution is 0.0602. The van der Waals surface area contributed by atoms with Gasteiger partial charge >= 0.3 is 6.09 Å². The molecule has 1 saturated heterocycles. The molecule has 0 bridgehead atoms. The molecule has 0 unspecified atom stereocenters. The summed E-state index contributed by atoms with van der Waals surface area (Å²) in [6.45, 7) is 6.21. The third-order valence-corrected chi connectivity index (χ3v) is 5.76. The number of sulfonamides is 1. The van der Waals surface area contributed by atoms with Crippen molar-refractivity contribution < 1.29 is 26.7 Å². The zero-order chi connectivity index (χ0) is 20.8. The maximum atomic E-state index is 14.4. The molecule has 0 radical (unpaired) electrons. The minimum atomic E-state index is -4.00.